The van der Waals surface area contributed by atoms with Crippen LogP contribution in [0.25, 0.3) is 0 Å². The molecule has 1 aliphatic heterocycles. The number of hydrogen-bond donors (Lipinski definition) is 1. The van der Waals surface area contributed by atoms with Gasteiger partial charge in [0.25, 0.3) is 0 Å². The highest BCUT2D eigenvalue weighted by atomic mass is 32.2. The number of nitrogens with one attached hydrogen (secondary N) is 1. The summed E-state index contributed by atoms with van der Waals surface area (Å²) in [4.78, 5) is 16.9. The molecule has 4 aromatic rings. The van der Waals surface area contributed by atoms with Crippen LogP contribution in [-0.4, -0.2) is 32.3 Å². The summed E-state index contributed by atoms with van der Waals surface area (Å²) < 4.78 is 13.8. The third kappa shape index (κ3) is 5.07. The van der Waals surface area contributed by atoms with E-state index < -0.39 is 0 Å². The number of fused-ring (bicyclic) bond motifs is 1. The fraction of sp³-hybridized carbons (Fsp3) is 0.250. The van der Waals surface area contributed by atoms with E-state index in [9.17, 15) is 4.79 Å². The molecule has 1 amide bonds. The fourth-order valence-corrected chi connectivity index (χ4v) is 5.20. The van der Waals surface area contributed by atoms with Crippen LogP contribution in [0.15, 0.2) is 59.1 Å². The van der Waals surface area contributed by atoms with Crippen LogP contribution >= 0.6 is 23.1 Å². The van der Waals surface area contributed by atoms with E-state index in [1.54, 1.807) is 11.8 Å². The van der Waals surface area contributed by atoms with Crippen molar-refractivity contribution in [1.29, 1.82) is 0 Å². The van der Waals surface area contributed by atoms with Gasteiger partial charge in [-0.25, -0.2) is 4.98 Å². The Morgan fingerprint density at radius 3 is 2.79 bits per heavy atom. The molecule has 34 heavy (non-hydrogen) atoms. The van der Waals surface area contributed by atoms with Crippen molar-refractivity contribution in [3.8, 4) is 11.5 Å². The normalized spacial score (nSPS) is 14.7. The lowest BCUT2D eigenvalue weighted by Gasteiger charge is -2.25. The second kappa shape index (κ2) is 9.86. The Bertz CT molecular complexity index is 1300. The molecule has 3 heterocycles. The number of anilines is 1. The molecule has 0 saturated carbocycles. The van der Waals surface area contributed by atoms with Crippen molar-refractivity contribution in [2.45, 2.75) is 30.4 Å². The lowest BCUT2D eigenvalue weighted by atomic mass is 10.2. The van der Waals surface area contributed by atoms with Crippen LogP contribution in [0, 0.1) is 6.92 Å². The number of carbonyl (C=O) groups is 1. The molecule has 10 heteroatoms. The zero-order valence-corrected chi connectivity index (χ0v) is 20.4. The molecule has 0 spiro atoms. The van der Waals surface area contributed by atoms with Crippen molar-refractivity contribution in [2.75, 3.05) is 11.9 Å². The highest BCUT2D eigenvalue weighted by Gasteiger charge is 2.27. The van der Waals surface area contributed by atoms with Gasteiger partial charge in [0, 0.05) is 23.9 Å². The first-order valence-corrected chi connectivity index (χ1v) is 12.6. The van der Waals surface area contributed by atoms with E-state index in [-0.39, 0.29) is 18.4 Å². The molecule has 0 radical (unpaired) electrons. The van der Waals surface area contributed by atoms with Crippen LogP contribution in [0.3, 0.4) is 0 Å². The molecule has 0 bridgehead atoms. The van der Waals surface area contributed by atoms with Gasteiger partial charge in [-0.2, -0.15) is 0 Å². The first kappa shape index (κ1) is 22.4. The Morgan fingerprint density at radius 1 is 1.18 bits per heavy atom. The van der Waals surface area contributed by atoms with Crippen molar-refractivity contribution >= 4 is 34.7 Å². The van der Waals surface area contributed by atoms with E-state index in [1.165, 1.54) is 11.3 Å². The lowest BCUT2D eigenvalue weighted by molar-refractivity contribution is -0.115. The number of carbonyl (C=O) groups excluding carboxylic acids is 1. The van der Waals surface area contributed by atoms with Gasteiger partial charge >= 0.3 is 0 Å². The molecule has 174 valence electrons. The number of rotatable bonds is 7. The number of benzene rings is 2. The number of aryl methyl sites for hydroxylation is 1. The Hall–Kier alpha value is -3.37. The summed E-state index contributed by atoms with van der Waals surface area (Å²) in [5.41, 5.74) is 2.85. The average molecular weight is 494 g/mol. The van der Waals surface area contributed by atoms with Gasteiger partial charge in [0.1, 0.15) is 11.6 Å². The first-order valence-electron chi connectivity index (χ1n) is 10.8. The van der Waals surface area contributed by atoms with Gasteiger partial charge < -0.3 is 19.4 Å². The Morgan fingerprint density at radius 2 is 1.97 bits per heavy atom. The molecule has 1 aliphatic rings. The summed E-state index contributed by atoms with van der Waals surface area (Å²) >= 11 is 3.03. The molecule has 0 saturated heterocycles. The summed E-state index contributed by atoms with van der Waals surface area (Å²) in [5, 5.41) is 15.1. The van der Waals surface area contributed by atoms with Crippen molar-refractivity contribution in [1.82, 2.24) is 19.7 Å². The molecule has 2 aromatic heterocycles. The number of para-hydroxylation sites is 2. The Balaban J connectivity index is 1.16. The minimum Gasteiger partial charge on any atom is -0.485 e. The third-order valence-electron chi connectivity index (χ3n) is 5.26. The van der Waals surface area contributed by atoms with Gasteiger partial charge in [-0.05, 0) is 31.2 Å². The zero-order chi connectivity index (χ0) is 23.5. The summed E-state index contributed by atoms with van der Waals surface area (Å²) in [6.07, 6.45) is -0.0719. The van der Waals surface area contributed by atoms with Crippen LogP contribution < -0.4 is 14.8 Å². The van der Waals surface area contributed by atoms with E-state index in [2.05, 4.69) is 20.5 Å². The zero-order valence-electron chi connectivity index (χ0n) is 18.7. The average Bonchev–Trinajstić information content (AvgIpc) is 3.44. The predicted octanol–water partition coefficient (Wildman–Crippen LogP) is 4.57. The summed E-state index contributed by atoms with van der Waals surface area (Å²) in [6.45, 7) is 2.40. The molecular formula is C24H23N5O3S2. The van der Waals surface area contributed by atoms with E-state index >= 15 is 0 Å². The molecular weight excluding hydrogens is 470 g/mol. The number of ether oxygens (including phenoxy) is 2. The van der Waals surface area contributed by atoms with E-state index in [0.29, 0.717) is 23.9 Å². The number of thioether (sulfide) groups is 1. The molecule has 0 aliphatic carbocycles. The van der Waals surface area contributed by atoms with E-state index in [0.717, 1.165) is 32.9 Å². The Labute approximate surface area is 205 Å². The second-order valence-corrected chi connectivity index (χ2v) is 9.76. The minimum atomic E-state index is -0.320. The molecule has 5 rings (SSSR count). The van der Waals surface area contributed by atoms with Crippen LogP contribution in [-0.2, 0) is 24.0 Å². The summed E-state index contributed by atoms with van der Waals surface area (Å²) in [5.74, 6) is 2.71. The topological polar surface area (TPSA) is 91.2 Å². The van der Waals surface area contributed by atoms with Crippen LogP contribution in [0.4, 0.5) is 5.69 Å². The number of nitrogens with zero attached hydrogens (tertiary/aromatic N) is 4. The quantitative estimate of drug-likeness (QED) is 0.377. The Kier molecular flexibility index (Phi) is 6.50. The number of aromatic nitrogens is 4. The molecule has 1 N–H and O–H groups in total. The van der Waals surface area contributed by atoms with Crippen LogP contribution in [0.2, 0.25) is 0 Å². The van der Waals surface area contributed by atoms with Crippen molar-refractivity contribution in [3.63, 3.8) is 0 Å². The van der Waals surface area contributed by atoms with Gasteiger partial charge in [-0.3, -0.25) is 4.79 Å². The molecule has 1 atom stereocenters. The molecule has 0 unspecified atom stereocenters. The lowest BCUT2D eigenvalue weighted by Crippen LogP contribution is -2.24. The highest BCUT2D eigenvalue weighted by Crippen LogP contribution is 2.36. The molecule has 8 nitrogen and oxygen atoms in total. The SMILES string of the molecule is Cc1ccc(NC(=O)Cc2nc(CSc3nnc([C@H]4COc5ccccc5O4)n3C)cs2)cc1. The third-order valence-corrected chi connectivity index (χ3v) is 7.21. The van der Waals surface area contributed by atoms with Gasteiger partial charge in [-0.15, -0.1) is 21.5 Å². The standard InChI is InChI=1S/C24H23N5O3S2/c1-15-7-9-16(10-8-15)25-21(30)11-22-26-17(13-33-22)14-34-24-28-27-23(29(24)2)20-12-31-18-5-3-4-6-19(18)32-20/h3-10,13,20H,11-12,14H2,1-2H3,(H,25,30)/t20-/m1/s1. The largest absolute Gasteiger partial charge is 0.485 e. The van der Waals surface area contributed by atoms with E-state index in [1.807, 2.05) is 72.4 Å². The van der Waals surface area contributed by atoms with Crippen molar-refractivity contribution in [2.24, 2.45) is 7.05 Å². The van der Waals surface area contributed by atoms with Gasteiger partial charge in [0.05, 0.1) is 12.1 Å². The van der Waals surface area contributed by atoms with E-state index in [4.69, 9.17) is 9.47 Å². The predicted molar refractivity (Wildman–Crippen MR) is 131 cm³/mol. The number of amides is 1. The van der Waals surface area contributed by atoms with Gasteiger partial charge in [0.2, 0.25) is 5.91 Å². The molecule has 2 aromatic carbocycles. The van der Waals surface area contributed by atoms with Gasteiger partial charge in [0.15, 0.2) is 28.6 Å². The second-order valence-electron chi connectivity index (χ2n) is 7.88. The fourth-order valence-electron chi connectivity index (χ4n) is 3.49. The number of thiazole rings is 1. The highest BCUT2D eigenvalue weighted by molar-refractivity contribution is 7.98. The summed E-state index contributed by atoms with van der Waals surface area (Å²) in [6, 6.07) is 15.3. The maximum absolute atomic E-state index is 12.3. The van der Waals surface area contributed by atoms with Crippen molar-refractivity contribution < 1.29 is 14.3 Å². The maximum atomic E-state index is 12.3. The monoisotopic (exact) mass is 493 g/mol. The maximum Gasteiger partial charge on any atom is 0.231 e. The van der Waals surface area contributed by atoms with Gasteiger partial charge in [-0.1, -0.05) is 41.6 Å². The van der Waals surface area contributed by atoms with Crippen LogP contribution in [0.1, 0.15) is 28.2 Å². The van der Waals surface area contributed by atoms with Crippen LogP contribution in [0.5, 0.6) is 11.5 Å². The number of hydrogen-bond acceptors (Lipinski definition) is 8. The summed E-state index contributed by atoms with van der Waals surface area (Å²) in [7, 11) is 1.92. The first-order chi connectivity index (χ1) is 16.5. The van der Waals surface area contributed by atoms with Crippen molar-refractivity contribution in [3.05, 3.63) is 76.0 Å². The minimum absolute atomic E-state index is 0.0772. The molecule has 0 fully saturated rings. The smallest absolute Gasteiger partial charge is 0.231 e.